The molecule has 3 nitrogen and oxygen atoms in total. The zero-order valence-corrected chi connectivity index (χ0v) is 8.72. The predicted octanol–water partition coefficient (Wildman–Crippen LogP) is 1.29. The fraction of sp³-hybridized carbons (Fsp3) is 0.250. The van der Waals surface area contributed by atoms with Crippen molar-refractivity contribution in [2.24, 2.45) is 5.73 Å². The van der Waals surface area contributed by atoms with Gasteiger partial charge in [-0.3, -0.25) is 0 Å². The fourth-order valence-electron chi connectivity index (χ4n) is 1.22. The van der Waals surface area contributed by atoms with Crippen LogP contribution in [0.5, 0.6) is 0 Å². The Morgan fingerprint density at radius 1 is 1.47 bits per heavy atom. The van der Waals surface area contributed by atoms with Gasteiger partial charge in [-0.1, -0.05) is 36.4 Å². The van der Waals surface area contributed by atoms with Crippen molar-refractivity contribution in [3.8, 4) is 0 Å². The summed E-state index contributed by atoms with van der Waals surface area (Å²) >= 11 is 0. The number of carbonyl (C=O) groups is 1. The molecule has 0 bridgehead atoms. The number of esters is 1. The van der Waals surface area contributed by atoms with Crippen LogP contribution in [0.3, 0.4) is 0 Å². The van der Waals surface area contributed by atoms with Crippen LogP contribution >= 0.6 is 0 Å². The Balaban J connectivity index is 2.46. The van der Waals surface area contributed by atoms with Gasteiger partial charge >= 0.3 is 5.97 Å². The van der Waals surface area contributed by atoms with Crippen LogP contribution in [0, 0.1) is 0 Å². The van der Waals surface area contributed by atoms with Crippen LogP contribution in [0.4, 0.5) is 0 Å². The summed E-state index contributed by atoms with van der Waals surface area (Å²) in [5.41, 5.74) is 6.97. The van der Waals surface area contributed by atoms with Crippen molar-refractivity contribution in [3.63, 3.8) is 0 Å². The van der Waals surface area contributed by atoms with E-state index in [-0.39, 0.29) is 12.0 Å². The van der Waals surface area contributed by atoms with Crippen molar-refractivity contribution < 1.29 is 9.53 Å². The Morgan fingerprint density at radius 3 is 2.73 bits per heavy atom. The molecule has 0 aliphatic rings. The second kappa shape index (κ2) is 5.98. The summed E-state index contributed by atoms with van der Waals surface area (Å²) in [4.78, 5) is 10.8. The number of carbonyl (C=O) groups excluding carboxylic acids is 1. The number of ether oxygens (including phenoxy) is 1. The van der Waals surface area contributed by atoms with Crippen LogP contribution in [0.2, 0.25) is 0 Å². The van der Waals surface area contributed by atoms with Gasteiger partial charge in [0.1, 0.15) is 0 Å². The van der Waals surface area contributed by atoms with Crippen molar-refractivity contribution in [2.45, 2.75) is 12.5 Å². The predicted molar refractivity (Wildman–Crippen MR) is 59.3 cm³/mol. The van der Waals surface area contributed by atoms with Gasteiger partial charge in [0.2, 0.25) is 0 Å². The summed E-state index contributed by atoms with van der Waals surface area (Å²) in [5.74, 6) is -0.376. The van der Waals surface area contributed by atoms with E-state index in [1.54, 1.807) is 6.08 Å². The van der Waals surface area contributed by atoms with Gasteiger partial charge in [0, 0.05) is 12.1 Å². The van der Waals surface area contributed by atoms with E-state index >= 15 is 0 Å². The fourth-order valence-corrected chi connectivity index (χ4v) is 1.22. The molecule has 0 aliphatic carbocycles. The van der Waals surface area contributed by atoms with E-state index in [9.17, 15) is 4.79 Å². The van der Waals surface area contributed by atoms with Gasteiger partial charge in [-0.2, -0.15) is 0 Å². The number of rotatable bonds is 4. The number of hydrogen-bond donors (Lipinski definition) is 1. The molecule has 0 heterocycles. The van der Waals surface area contributed by atoms with Gasteiger partial charge in [0.25, 0.3) is 0 Å². The third kappa shape index (κ3) is 4.42. The summed E-state index contributed by atoms with van der Waals surface area (Å²) in [5, 5.41) is 0. The van der Waals surface area contributed by atoms with Gasteiger partial charge in [-0.15, -0.1) is 0 Å². The molecule has 0 saturated carbocycles. The molecular formula is C12H15NO2. The SMILES string of the molecule is COC(=O)/C=C\[C@H](N)Cc1ccccc1. The molecule has 1 atom stereocenters. The Bertz CT molecular complexity index is 333. The summed E-state index contributed by atoms with van der Waals surface area (Å²) < 4.78 is 4.47. The number of hydrogen-bond acceptors (Lipinski definition) is 3. The van der Waals surface area contributed by atoms with E-state index in [4.69, 9.17) is 5.73 Å². The molecule has 0 amide bonds. The lowest BCUT2D eigenvalue weighted by molar-refractivity contribution is -0.134. The van der Waals surface area contributed by atoms with E-state index in [1.165, 1.54) is 13.2 Å². The average Bonchev–Trinajstić information content (AvgIpc) is 2.27. The maximum Gasteiger partial charge on any atom is 0.330 e. The van der Waals surface area contributed by atoms with E-state index < -0.39 is 0 Å². The number of nitrogens with two attached hydrogens (primary N) is 1. The smallest absolute Gasteiger partial charge is 0.330 e. The second-order valence-corrected chi connectivity index (χ2v) is 3.24. The van der Waals surface area contributed by atoms with Crippen molar-refractivity contribution in [2.75, 3.05) is 7.11 Å². The highest BCUT2D eigenvalue weighted by atomic mass is 16.5. The molecule has 0 unspecified atom stereocenters. The van der Waals surface area contributed by atoms with Crippen molar-refractivity contribution >= 4 is 5.97 Å². The lowest BCUT2D eigenvalue weighted by Gasteiger charge is -2.05. The second-order valence-electron chi connectivity index (χ2n) is 3.24. The maximum absolute atomic E-state index is 10.8. The normalized spacial score (nSPS) is 12.7. The minimum Gasteiger partial charge on any atom is -0.466 e. The van der Waals surface area contributed by atoms with Crippen molar-refractivity contribution in [1.29, 1.82) is 0 Å². The van der Waals surface area contributed by atoms with Crippen LogP contribution in [0.1, 0.15) is 5.56 Å². The van der Waals surface area contributed by atoms with Gasteiger partial charge < -0.3 is 10.5 Å². The molecule has 0 saturated heterocycles. The zero-order valence-electron chi connectivity index (χ0n) is 8.72. The number of methoxy groups -OCH3 is 1. The quantitative estimate of drug-likeness (QED) is 0.595. The third-order valence-electron chi connectivity index (χ3n) is 1.99. The molecule has 0 aliphatic heterocycles. The monoisotopic (exact) mass is 205 g/mol. The molecule has 2 N–H and O–H groups in total. The molecule has 15 heavy (non-hydrogen) atoms. The minimum absolute atomic E-state index is 0.161. The molecule has 0 spiro atoms. The molecule has 0 fully saturated rings. The molecule has 1 aromatic carbocycles. The van der Waals surface area contributed by atoms with Crippen LogP contribution < -0.4 is 5.73 Å². The van der Waals surface area contributed by atoms with E-state index in [1.807, 2.05) is 30.3 Å². The Labute approximate surface area is 89.5 Å². The third-order valence-corrected chi connectivity index (χ3v) is 1.99. The summed E-state index contributed by atoms with van der Waals surface area (Å²) in [6.07, 6.45) is 3.72. The standard InChI is InChI=1S/C12H15NO2/c1-15-12(14)8-7-11(13)9-10-5-3-2-4-6-10/h2-8,11H,9,13H2,1H3/b8-7-/t11-/m0/s1. The summed E-state index contributed by atoms with van der Waals surface area (Å²) in [7, 11) is 1.34. The topological polar surface area (TPSA) is 52.3 Å². The Kier molecular flexibility index (Phi) is 4.57. The first-order chi connectivity index (χ1) is 7.22. The Hall–Kier alpha value is -1.61. The first kappa shape index (κ1) is 11.5. The van der Waals surface area contributed by atoms with Crippen LogP contribution in [0.25, 0.3) is 0 Å². The highest BCUT2D eigenvalue weighted by Gasteiger charge is 2.00. The minimum atomic E-state index is -0.376. The van der Waals surface area contributed by atoms with Crippen LogP contribution in [0.15, 0.2) is 42.5 Å². The van der Waals surface area contributed by atoms with E-state index in [0.717, 1.165) is 5.56 Å². The lowest BCUT2D eigenvalue weighted by Crippen LogP contribution is -2.20. The Morgan fingerprint density at radius 2 is 2.13 bits per heavy atom. The van der Waals surface area contributed by atoms with Crippen molar-refractivity contribution in [1.82, 2.24) is 0 Å². The van der Waals surface area contributed by atoms with Gasteiger partial charge in [-0.05, 0) is 12.0 Å². The number of benzene rings is 1. The lowest BCUT2D eigenvalue weighted by atomic mass is 10.1. The average molecular weight is 205 g/mol. The highest BCUT2D eigenvalue weighted by Crippen LogP contribution is 2.02. The molecule has 80 valence electrons. The maximum atomic E-state index is 10.8. The summed E-state index contributed by atoms with van der Waals surface area (Å²) in [6, 6.07) is 9.74. The van der Waals surface area contributed by atoms with Crippen molar-refractivity contribution in [3.05, 3.63) is 48.0 Å². The van der Waals surface area contributed by atoms with Crippen LogP contribution in [-0.4, -0.2) is 19.1 Å². The molecule has 0 aromatic heterocycles. The molecule has 1 aromatic rings. The molecule has 3 heteroatoms. The van der Waals surface area contributed by atoms with Gasteiger partial charge in [0.15, 0.2) is 0 Å². The van der Waals surface area contributed by atoms with Crippen LogP contribution in [-0.2, 0) is 16.0 Å². The van der Waals surface area contributed by atoms with Gasteiger partial charge in [0.05, 0.1) is 7.11 Å². The highest BCUT2D eigenvalue weighted by molar-refractivity contribution is 5.81. The first-order valence-corrected chi connectivity index (χ1v) is 4.78. The largest absolute Gasteiger partial charge is 0.466 e. The summed E-state index contributed by atoms with van der Waals surface area (Å²) in [6.45, 7) is 0. The molecular weight excluding hydrogens is 190 g/mol. The first-order valence-electron chi connectivity index (χ1n) is 4.78. The molecule has 1 rings (SSSR count). The zero-order chi connectivity index (χ0) is 11.1. The van der Waals surface area contributed by atoms with E-state index in [0.29, 0.717) is 6.42 Å². The van der Waals surface area contributed by atoms with E-state index in [2.05, 4.69) is 4.74 Å². The van der Waals surface area contributed by atoms with Gasteiger partial charge in [-0.25, -0.2) is 4.79 Å². The molecule has 0 radical (unpaired) electrons.